The van der Waals surface area contributed by atoms with Gasteiger partial charge in [-0.25, -0.2) is 8.42 Å². The highest BCUT2D eigenvalue weighted by Gasteiger charge is 2.39. The van der Waals surface area contributed by atoms with Crippen molar-refractivity contribution in [3.8, 4) is 0 Å². The number of guanidine groups is 1. The first-order chi connectivity index (χ1) is 9.40. The van der Waals surface area contributed by atoms with Gasteiger partial charge in [0.25, 0.3) is 0 Å². The molecular formula is C14H27N3O2S. The van der Waals surface area contributed by atoms with E-state index >= 15 is 0 Å². The lowest BCUT2D eigenvalue weighted by Gasteiger charge is -2.40. The molecule has 116 valence electrons. The van der Waals surface area contributed by atoms with Gasteiger partial charge in [-0.2, -0.15) is 0 Å². The summed E-state index contributed by atoms with van der Waals surface area (Å²) in [6.45, 7) is 2.52. The predicted molar refractivity (Wildman–Crippen MR) is 82.5 cm³/mol. The summed E-state index contributed by atoms with van der Waals surface area (Å²) >= 11 is 0. The summed E-state index contributed by atoms with van der Waals surface area (Å²) < 4.78 is 23.1. The first-order valence-corrected chi connectivity index (χ1v) is 9.69. The van der Waals surface area contributed by atoms with Crippen LogP contribution in [0, 0.1) is 5.41 Å². The Morgan fingerprint density at radius 2 is 1.75 bits per heavy atom. The zero-order chi connectivity index (χ0) is 14.6. The zero-order valence-corrected chi connectivity index (χ0v) is 13.3. The number of sulfone groups is 1. The maximum absolute atomic E-state index is 11.5. The van der Waals surface area contributed by atoms with Crippen molar-refractivity contribution in [2.75, 3.05) is 31.6 Å². The third kappa shape index (κ3) is 4.36. The largest absolute Gasteiger partial charge is 0.370 e. The van der Waals surface area contributed by atoms with E-state index in [1.807, 2.05) is 0 Å². The average molecular weight is 301 g/mol. The molecule has 0 radical (unpaired) electrons. The Labute approximate surface area is 122 Å². The Morgan fingerprint density at radius 1 is 1.15 bits per heavy atom. The lowest BCUT2D eigenvalue weighted by molar-refractivity contribution is 0.177. The monoisotopic (exact) mass is 301 g/mol. The van der Waals surface area contributed by atoms with Gasteiger partial charge in [0.05, 0.1) is 5.75 Å². The van der Waals surface area contributed by atoms with Crippen LogP contribution in [0.4, 0.5) is 0 Å². The van der Waals surface area contributed by atoms with Gasteiger partial charge < -0.3 is 10.6 Å². The number of hydrogen-bond acceptors (Lipinski definition) is 3. The Morgan fingerprint density at radius 3 is 2.20 bits per heavy atom. The van der Waals surface area contributed by atoms with Gasteiger partial charge >= 0.3 is 0 Å². The molecule has 0 bridgehead atoms. The minimum absolute atomic E-state index is 0.149. The summed E-state index contributed by atoms with van der Waals surface area (Å²) in [6, 6.07) is 0. The highest BCUT2D eigenvalue weighted by Crippen LogP contribution is 2.42. The Hall–Kier alpha value is -0.780. The SMILES string of the molecule is CS(=O)(=O)CC1(CN=C(N)N2CCCCCC2)CCC1. The van der Waals surface area contributed by atoms with Crippen molar-refractivity contribution in [1.29, 1.82) is 0 Å². The molecule has 0 aromatic rings. The van der Waals surface area contributed by atoms with Crippen molar-refractivity contribution in [1.82, 2.24) is 4.90 Å². The Bertz CT molecular complexity index is 447. The molecule has 1 saturated heterocycles. The van der Waals surface area contributed by atoms with Crippen LogP contribution in [-0.2, 0) is 9.84 Å². The van der Waals surface area contributed by atoms with Crippen molar-refractivity contribution in [3.05, 3.63) is 0 Å². The highest BCUT2D eigenvalue weighted by molar-refractivity contribution is 7.90. The number of nitrogens with zero attached hydrogens (tertiary/aromatic N) is 2. The topological polar surface area (TPSA) is 75.8 Å². The second-order valence-corrected chi connectivity index (χ2v) is 8.64. The van der Waals surface area contributed by atoms with Gasteiger partial charge in [0.15, 0.2) is 5.96 Å². The van der Waals surface area contributed by atoms with E-state index in [1.165, 1.54) is 31.9 Å². The van der Waals surface area contributed by atoms with E-state index in [1.54, 1.807) is 0 Å². The summed E-state index contributed by atoms with van der Waals surface area (Å²) in [5.41, 5.74) is 5.95. The van der Waals surface area contributed by atoms with Crippen LogP contribution in [0.3, 0.4) is 0 Å². The average Bonchev–Trinajstić information content (AvgIpc) is 2.59. The summed E-state index contributed by atoms with van der Waals surface area (Å²) in [6.07, 6.45) is 9.20. The maximum Gasteiger partial charge on any atom is 0.191 e. The minimum Gasteiger partial charge on any atom is -0.370 e. The van der Waals surface area contributed by atoms with E-state index in [0.29, 0.717) is 12.5 Å². The standard InChI is InChI=1S/C14H27N3O2S/c1-20(18,19)12-14(7-6-8-14)11-16-13(15)17-9-4-2-3-5-10-17/h2-12H2,1H3,(H2,15,16). The normalized spacial score (nSPS) is 24.1. The van der Waals surface area contributed by atoms with Crippen molar-refractivity contribution in [2.24, 2.45) is 16.1 Å². The number of aliphatic imine (C=N–C) groups is 1. The molecule has 1 saturated carbocycles. The third-order valence-corrected chi connectivity index (χ3v) is 5.63. The molecule has 2 aliphatic rings. The number of hydrogen-bond donors (Lipinski definition) is 1. The second kappa shape index (κ2) is 6.33. The highest BCUT2D eigenvalue weighted by atomic mass is 32.2. The molecule has 0 atom stereocenters. The number of rotatable bonds is 4. The summed E-state index contributed by atoms with van der Waals surface area (Å²) in [7, 11) is -2.94. The zero-order valence-electron chi connectivity index (χ0n) is 12.5. The molecule has 2 N–H and O–H groups in total. The van der Waals surface area contributed by atoms with Crippen molar-refractivity contribution in [2.45, 2.75) is 44.9 Å². The number of nitrogens with two attached hydrogens (primary N) is 1. The van der Waals surface area contributed by atoms with Gasteiger partial charge in [0.1, 0.15) is 9.84 Å². The molecule has 5 nitrogen and oxygen atoms in total. The molecule has 0 spiro atoms. The fourth-order valence-corrected chi connectivity index (χ4v) is 4.72. The lowest BCUT2D eigenvalue weighted by atomic mass is 9.70. The lowest BCUT2D eigenvalue weighted by Crippen LogP contribution is -2.42. The van der Waals surface area contributed by atoms with E-state index in [-0.39, 0.29) is 11.2 Å². The summed E-state index contributed by atoms with van der Waals surface area (Å²) in [5.74, 6) is 0.850. The first kappa shape index (κ1) is 15.6. The molecule has 20 heavy (non-hydrogen) atoms. The van der Waals surface area contributed by atoms with Crippen molar-refractivity contribution < 1.29 is 8.42 Å². The smallest absolute Gasteiger partial charge is 0.191 e. The van der Waals surface area contributed by atoms with Gasteiger partial charge in [-0.05, 0) is 25.7 Å². The van der Waals surface area contributed by atoms with Crippen LogP contribution in [0.5, 0.6) is 0 Å². The van der Waals surface area contributed by atoms with Crippen molar-refractivity contribution in [3.63, 3.8) is 0 Å². The van der Waals surface area contributed by atoms with Gasteiger partial charge in [-0.3, -0.25) is 4.99 Å². The van der Waals surface area contributed by atoms with Gasteiger partial charge in [-0.1, -0.05) is 19.3 Å². The maximum atomic E-state index is 11.5. The van der Waals surface area contributed by atoms with Crippen LogP contribution in [-0.4, -0.2) is 50.9 Å². The molecule has 1 heterocycles. The first-order valence-electron chi connectivity index (χ1n) is 7.63. The predicted octanol–water partition coefficient (Wildman–Crippen LogP) is 1.39. The fourth-order valence-electron chi connectivity index (χ4n) is 3.23. The second-order valence-electron chi connectivity index (χ2n) is 6.50. The molecule has 0 aromatic carbocycles. The van der Waals surface area contributed by atoms with Crippen LogP contribution >= 0.6 is 0 Å². The molecule has 2 fully saturated rings. The Kier molecular flexibility index (Phi) is 4.94. The van der Waals surface area contributed by atoms with Crippen LogP contribution in [0.2, 0.25) is 0 Å². The van der Waals surface area contributed by atoms with E-state index in [2.05, 4.69) is 9.89 Å². The molecule has 2 rings (SSSR count). The van der Waals surface area contributed by atoms with E-state index in [9.17, 15) is 8.42 Å². The van der Waals surface area contributed by atoms with Crippen LogP contribution in [0.1, 0.15) is 44.9 Å². The molecule has 0 unspecified atom stereocenters. The van der Waals surface area contributed by atoms with E-state index in [0.717, 1.165) is 32.4 Å². The van der Waals surface area contributed by atoms with Gasteiger partial charge in [-0.15, -0.1) is 0 Å². The summed E-state index contributed by atoms with van der Waals surface area (Å²) in [4.78, 5) is 6.68. The van der Waals surface area contributed by atoms with Crippen LogP contribution in [0.15, 0.2) is 4.99 Å². The van der Waals surface area contributed by atoms with Crippen LogP contribution < -0.4 is 5.73 Å². The molecule has 1 aliphatic heterocycles. The minimum atomic E-state index is -2.94. The molecule has 0 aromatic heterocycles. The quantitative estimate of drug-likeness (QED) is 0.629. The fraction of sp³-hybridized carbons (Fsp3) is 0.929. The molecule has 0 amide bonds. The molecule has 1 aliphatic carbocycles. The van der Waals surface area contributed by atoms with E-state index < -0.39 is 9.84 Å². The third-order valence-electron chi connectivity index (χ3n) is 4.49. The number of likely N-dealkylation sites (tertiary alicyclic amines) is 1. The van der Waals surface area contributed by atoms with Crippen LogP contribution in [0.25, 0.3) is 0 Å². The van der Waals surface area contributed by atoms with Gasteiger partial charge in [0, 0.05) is 31.3 Å². The Balaban J connectivity index is 1.95. The summed E-state index contributed by atoms with van der Waals surface area (Å²) in [5, 5.41) is 0. The molecule has 6 heteroatoms. The van der Waals surface area contributed by atoms with E-state index in [4.69, 9.17) is 5.73 Å². The van der Waals surface area contributed by atoms with Gasteiger partial charge in [0.2, 0.25) is 0 Å². The molecular weight excluding hydrogens is 274 g/mol. The van der Waals surface area contributed by atoms with Crippen molar-refractivity contribution >= 4 is 15.8 Å².